The standard InChI is InChI=1S/C24H34FN3O2Si/c1-24(2,3)31(4,5)30-13-9-7-6-8-10-20-11-12-28-23(27-20)22(17-26-28)18-14-19(25)16-21(29)15-18/h11-12,14-17,29H,6-10,13H2,1-5H3. The molecule has 7 heteroatoms. The van der Waals surface area contributed by atoms with Gasteiger partial charge in [0.05, 0.1) is 6.20 Å². The summed E-state index contributed by atoms with van der Waals surface area (Å²) in [7, 11) is -1.64. The molecule has 1 N–H and O–H groups in total. The van der Waals surface area contributed by atoms with Gasteiger partial charge in [0.2, 0.25) is 0 Å². The molecular formula is C24H34FN3O2Si. The minimum atomic E-state index is -1.64. The van der Waals surface area contributed by atoms with Gasteiger partial charge in [-0.1, -0.05) is 33.6 Å². The van der Waals surface area contributed by atoms with Crippen LogP contribution < -0.4 is 0 Å². The summed E-state index contributed by atoms with van der Waals surface area (Å²) in [5.41, 5.74) is 2.94. The van der Waals surface area contributed by atoms with Crippen LogP contribution in [0.5, 0.6) is 5.75 Å². The second kappa shape index (κ2) is 9.49. The summed E-state index contributed by atoms with van der Waals surface area (Å²) in [5.74, 6) is -0.592. The first-order valence-electron chi connectivity index (χ1n) is 11.0. The van der Waals surface area contributed by atoms with Crippen molar-refractivity contribution >= 4 is 14.0 Å². The van der Waals surface area contributed by atoms with Gasteiger partial charge < -0.3 is 9.53 Å². The van der Waals surface area contributed by atoms with Crippen LogP contribution in [-0.4, -0.2) is 34.6 Å². The quantitative estimate of drug-likeness (QED) is 0.308. The van der Waals surface area contributed by atoms with Crippen LogP contribution in [0.2, 0.25) is 18.1 Å². The van der Waals surface area contributed by atoms with E-state index in [1.54, 1.807) is 10.7 Å². The van der Waals surface area contributed by atoms with Crippen molar-refractivity contribution in [2.24, 2.45) is 0 Å². The van der Waals surface area contributed by atoms with Crippen molar-refractivity contribution in [3.05, 3.63) is 48.2 Å². The molecule has 0 unspecified atom stereocenters. The number of benzene rings is 1. The third-order valence-corrected chi connectivity index (χ3v) is 10.8. The predicted octanol–water partition coefficient (Wildman–Crippen LogP) is 6.37. The highest BCUT2D eigenvalue weighted by Crippen LogP contribution is 2.36. The molecule has 0 bridgehead atoms. The molecule has 3 rings (SSSR count). The average Bonchev–Trinajstić information content (AvgIpc) is 3.09. The van der Waals surface area contributed by atoms with Gasteiger partial charge in [-0.15, -0.1) is 0 Å². The smallest absolute Gasteiger partial charge is 0.191 e. The molecule has 168 valence electrons. The Hall–Kier alpha value is -2.25. The summed E-state index contributed by atoms with van der Waals surface area (Å²) in [4.78, 5) is 4.74. The molecule has 5 nitrogen and oxygen atoms in total. The first-order chi connectivity index (χ1) is 14.6. The Morgan fingerprint density at radius 1 is 1.10 bits per heavy atom. The Kier molecular flexibility index (Phi) is 7.16. The summed E-state index contributed by atoms with van der Waals surface area (Å²) in [6, 6.07) is 5.98. The number of aromatic nitrogens is 3. The molecule has 0 saturated heterocycles. The maximum Gasteiger partial charge on any atom is 0.191 e. The first kappa shape index (κ1) is 23.4. The van der Waals surface area contributed by atoms with E-state index in [0.29, 0.717) is 16.8 Å². The minimum absolute atomic E-state index is 0.108. The fourth-order valence-corrected chi connectivity index (χ4v) is 4.37. The molecule has 0 aliphatic heterocycles. The van der Waals surface area contributed by atoms with Crippen molar-refractivity contribution in [1.82, 2.24) is 14.6 Å². The lowest BCUT2D eigenvalue weighted by Gasteiger charge is -2.36. The summed E-state index contributed by atoms with van der Waals surface area (Å²) in [6.45, 7) is 12.2. The molecule has 0 fully saturated rings. The molecule has 2 aromatic heterocycles. The van der Waals surface area contributed by atoms with Crippen LogP contribution in [0.25, 0.3) is 16.8 Å². The Bertz CT molecular complexity index is 1010. The largest absolute Gasteiger partial charge is 0.508 e. The zero-order valence-corrected chi connectivity index (χ0v) is 20.3. The van der Waals surface area contributed by atoms with E-state index in [1.807, 2.05) is 12.3 Å². The zero-order chi connectivity index (χ0) is 22.6. The topological polar surface area (TPSA) is 59.7 Å². The molecule has 0 radical (unpaired) electrons. The van der Waals surface area contributed by atoms with Gasteiger partial charge in [0.25, 0.3) is 0 Å². The van der Waals surface area contributed by atoms with Crippen molar-refractivity contribution in [3.8, 4) is 16.9 Å². The maximum atomic E-state index is 13.7. The average molecular weight is 444 g/mol. The number of phenolic OH excluding ortho intramolecular Hbond substituents is 1. The van der Waals surface area contributed by atoms with Gasteiger partial charge in [0, 0.05) is 30.1 Å². The van der Waals surface area contributed by atoms with Crippen LogP contribution in [0.3, 0.4) is 0 Å². The highest BCUT2D eigenvalue weighted by atomic mass is 28.4. The highest BCUT2D eigenvalue weighted by Gasteiger charge is 2.36. The van der Waals surface area contributed by atoms with Crippen LogP contribution in [0.1, 0.15) is 52.1 Å². The van der Waals surface area contributed by atoms with Gasteiger partial charge in [-0.3, -0.25) is 0 Å². The van der Waals surface area contributed by atoms with E-state index < -0.39 is 14.1 Å². The van der Waals surface area contributed by atoms with Gasteiger partial charge >= 0.3 is 0 Å². The number of nitrogens with zero attached hydrogens (tertiary/aromatic N) is 3. The molecule has 2 heterocycles. The van der Waals surface area contributed by atoms with Gasteiger partial charge in [-0.2, -0.15) is 5.10 Å². The Balaban J connectivity index is 1.53. The first-order valence-corrected chi connectivity index (χ1v) is 13.9. The molecule has 0 spiro atoms. The molecule has 31 heavy (non-hydrogen) atoms. The highest BCUT2D eigenvalue weighted by molar-refractivity contribution is 6.74. The zero-order valence-electron chi connectivity index (χ0n) is 19.3. The van der Waals surface area contributed by atoms with E-state index in [2.05, 4.69) is 39.0 Å². The molecule has 0 aliphatic carbocycles. The monoisotopic (exact) mass is 443 g/mol. The lowest BCUT2D eigenvalue weighted by molar-refractivity contribution is 0.277. The summed E-state index contributed by atoms with van der Waals surface area (Å²) in [5, 5.41) is 14.3. The molecule has 0 atom stereocenters. The van der Waals surface area contributed by atoms with Gasteiger partial charge in [0.1, 0.15) is 11.6 Å². The summed E-state index contributed by atoms with van der Waals surface area (Å²) < 4.78 is 21.6. The number of hydrogen-bond acceptors (Lipinski definition) is 4. The van der Waals surface area contributed by atoms with E-state index in [0.717, 1.165) is 50.5 Å². The van der Waals surface area contributed by atoms with E-state index in [9.17, 15) is 9.50 Å². The van der Waals surface area contributed by atoms with Gasteiger partial charge in [-0.25, -0.2) is 13.9 Å². The molecule has 3 aromatic rings. The maximum absolute atomic E-state index is 13.7. The van der Waals surface area contributed by atoms with Crippen molar-refractivity contribution in [2.45, 2.75) is 71.0 Å². The van der Waals surface area contributed by atoms with Crippen molar-refractivity contribution in [3.63, 3.8) is 0 Å². The van der Waals surface area contributed by atoms with Crippen LogP contribution >= 0.6 is 0 Å². The molecule has 0 aliphatic rings. The number of phenols is 1. The number of halogens is 1. The van der Waals surface area contributed by atoms with E-state index in [1.165, 1.54) is 12.1 Å². The minimum Gasteiger partial charge on any atom is -0.508 e. The lowest BCUT2D eigenvalue weighted by Crippen LogP contribution is -2.40. The Morgan fingerprint density at radius 3 is 2.55 bits per heavy atom. The van der Waals surface area contributed by atoms with Crippen molar-refractivity contribution < 1.29 is 13.9 Å². The van der Waals surface area contributed by atoms with E-state index >= 15 is 0 Å². The number of unbranched alkanes of at least 4 members (excludes halogenated alkanes) is 3. The van der Waals surface area contributed by atoms with Crippen LogP contribution in [-0.2, 0) is 10.8 Å². The second-order valence-electron chi connectivity index (χ2n) is 9.72. The third kappa shape index (κ3) is 5.92. The van der Waals surface area contributed by atoms with Gasteiger partial charge in [0.15, 0.2) is 14.0 Å². The third-order valence-electron chi connectivity index (χ3n) is 6.22. The fraction of sp³-hybridized carbons (Fsp3) is 0.500. The molecule has 1 aromatic carbocycles. The molecular weight excluding hydrogens is 409 g/mol. The van der Waals surface area contributed by atoms with E-state index in [-0.39, 0.29) is 10.8 Å². The number of rotatable bonds is 9. The van der Waals surface area contributed by atoms with E-state index in [4.69, 9.17) is 9.41 Å². The number of fused-ring (bicyclic) bond motifs is 1. The van der Waals surface area contributed by atoms with Gasteiger partial charge in [-0.05, 0) is 61.2 Å². The summed E-state index contributed by atoms with van der Waals surface area (Å²) >= 11 is 0. The summed E-state index contributed by atoms with van der Waals surface area (Å²) in [6.07, 6.45) is 8.87. The number of aromatic hydroxyl groups is 1. The van der Waals surface area contributed by atoms with Crippen molar-refractivity contribution in [1.29, 1.82) is 0 Å². The second-order valence-corrected chi connectivity index (χ2v) is 14.5. The van der Waals surface area contributed by atoms with Crippen molar-refractivity contribution in [2.75, 3.05) is 6.61 Å². The molecule has 0 amide bonds. The molecule has 0 saturated carbocycles. The van der Waals surface area contributed by atoms with Crippen LogP contribution in [0, 0.1) is 5.82 Å². The lowest BCUT2D eigenvalue weighted by atomic mass is 10.1. The Morgan fingerprint density at radius 2 is 1.84 bits per heavy atom. The number of aryl methyl sites for hydroxylation is 1. The normalized spacial score (nSPS) is 12.6. The fourth-order valence-electron chi connectivity index (χ4n) is 3.28. The SMILES string of the molecule is CC(C)(C)[Si](C)(C)OCCCCCCc1ccn2ncc(-c3cc(O)cc(F)c3)c2n1. The Labute approximate surface area is 185 Å². The predicted molar refractivity (Wildman–Crippen MR) is 125 cm³/mol. The number of hydrogen-bond donors (Lipinski definition) is 1. The van der Waals surface area contributed by atoms with Crippen LogP contribution in [0.4, 0.5) is 4.39 Å². The van der Waals surface area contributed by atoms with Crippen LogP contribution in [0.15, 0.2) is 36.7 Å².